The van der Waals surface area contributed by atoms with Gasteiger partial charge < -0.3 is 29.1 Å². The lowest BCUT2D eigenvalue weighted by Crippen LogP contribution is -2.38. The van der Waals surface area contributed by atoms with Crippen molar-refractivity contribution in [1.82, 2.24) is 9.80 Å². The minimum Gasteiger partial charge on any atom is -0.507 e. The molecule has 200 valence electrons. The van der Waals surface area contributed by atoms with Crippen LogP contribution in [0.1, 0.15) is 31.0 Å². The molecule has 0 radical (unpaired) electrons. The average Bonchev–Trinajstić information content (AvgIpc) is 3.21. The molecule has 3 aromatic carbocycles. The van der Waals surface area contributed by atoms with Gasteiger partial charge in [0.2, 0.25) is 5.75 Å². The van der Waals surface area contributed by atoms with E-state index in [1.807, 2.05) is 50.2 Å². The van der Waals surface area contributed by atoms with Crippen LogP contribution in [0.2, 0.25) is 0 Å². The van der Waals surface area contributed by atoms with Gasteiger partial charge in [0.25, 0.3) is 11.7 Å². The molecule has 1 heterocycles. The molecule has 1 aliphatic rings. The number of aliphatic hydroxyl groups excluding tert-OH is 1. The summed E-state index contributed by atoms with van der Waals surface area (Å²) < 4.78 is 16.6. The molecule has 3 aromatic rings. The number of rotatable bonds is 10. The number of benzene rings is 3. The fourth-order valence-corrected chi connectivity index (χ4v) is 5.00. The molecule has 0 aliphatic carbocycles. The first kappa shape index (κ1) is 27.0. The molecule has 1 amide bonds. The van der Waals surface area contributed by atoms with Gasteiger partial charge in [-0.05, 0) is 47.6 Å². The number of aliphatic hydroxyl groups is 1. The van der Waals surface area contributed by atoms with Gasteiger partial charge in [-0.15, -0.1) is 0 Å². The Labute approximate surface area is 223 Å². The standard InChI is InChI=1S/C30H34N2O6/c1-6-31(7-2)14-15-32-26(22-17-23(36-3)29(38-5)24(18-22)37-4)25(28(34)30(32)35)27(33)21-13-12-19-10-8-9-11-20(19)16-21/h8-13,16-18,26,33H,6-7,14-15H2,1-5H3/b27-25+. The summed E-state index contributed by atoms with van der Waals surface area (Å²) in [5.41, 5.74) is 1.06. The van der Waals surface area contributed by atoms with Crippen molar-refractivity contribution in [3.63, 3.8) is 0 Å². The highest BCUT2D eigenvalue weighted by molar-refractivity contribution is 6.46. The van der Waals surface area contributed by atoms with Crippen LogP contribution in [-0.4, -0.2) is 74.1 Å². The third kappa shape index (κ3) is 4.91. The first-order chi connectivity index (χ1) is 18.4. The van der Waals surface area contributed by atoms with Crippen molar-refractivity contribution in [3.05, 3.63) is 71.3 Å². The molecule has 0 saturated carbocycles. The average molecular weight is 519 g/mol. The fourth-order valence-electron chi connectivity index (χ4n) is 5.00. The molecular formula is C30H34N2O6. The predicted molar refractivity (Wildman–Crippen MR) is 147 cm³/mol. The van der Waals surface area contributed by atoms with Crippen LogP contribution in [0.15, 0.2) is 60.2 Å². The second-order valence-corrected chi connectivity index (χ2v) is 9.04. The van der Waals surface area contributed by atoms with E-state index >= 15 is 0 Å². The number of hydrogen-bond acceptors (Lipinski definition) is 7. The minimum atomic E-state index is -0.842. The Hall–Kier alpha value is -4.04. The smallest absolute Gasteiger partial charge is 0.295 e. The van der Waals surface area contributed by atoms with Crippen molar-refractivity contribution in [1.29, 1.82) is 0 Å². The summed E-state index contributed by atoms with van der Waals surface area (Å²) in [6.45, 7) is 6.61. The molecule has 4 rings (SSSR count). The number of carbonyl (C=O) groups is 2. The van der Waals surface area contributed by atoms with Gasteiger partial charge in [-0.1, -0.05) is 50.2 Å². The number of likely N-dealkylation sites (tertiary alicyclic amines) is 1. The lowest BCUT2D eigenvalue weighted by Gasteiger charge is -2.29. The number of likely N-dealkylation sites (N-methyl/N-ethyl adjacent to an activating group) is 1. The zero-order valence-corrected chi connectivity index (χ0v) is 22.5. The number of methoxy groups -OCH3 is 3. The van der Waals surface area contributed by atoms with Crippen LogP contribution in [0.4, 0.5) is 0 Å². The lowest BCUT2D eigenvalue weighted by atomic mass is 9.94. The monoisotopic (exact) mass is 518 g/mol. The van der Waals surface area contributed by atoms with Crippen molar-refractivity contribution < 1.29 is 28.9 Å². The maximum absolute atomic E-state index is 13.5. The molecule has 1 unspecified atom stereocenters. The van der Waals surface area contributed by atoms with Gasteiger partial charge >= 0.3 is 0 Å². The summed E-state index contributed by atoms with van der Waals surface area (Å²) in [4.78, 5) is 30.6. The zero-order valence-electron chi connectivity index (χ0n) is 22.5. The number of hydrogen-bond donors (Lipinski definition) is 1. The Morgan fingerprint density at radius 2 is 1.53 bits per heavy atom. The highest BCUT2D eigenvalue weighted by atomic mass is 16.5. The maximum atomic E-state index is 13.5. The fraction of sp³-hybridized carbons (Fsp3) is 0.333. The molecule has 1 N–H and O–H groups in total. The van der Waals surface area contributed by atoms with Gasteiger partial charge in [0.1, 0.15) is 5.76 Å². The van der Waals surface area contributed by atoms with Crippen LogP contribution in [0, 0.1) is 0 Å². The number of nitrogens with zero attached hydrogens (tertiary/aromatic N) is 2. The van der Waals surface area contributed by atoms with E-state index in [1.165, 1.54) is 26.2 Å². The Morgan fingerprint density at radius 3 is 2.11 bits per heavy atom. The maximum Gasteiger partial charge on any atom is 0.295 e. The third-order valence-electron chi connectivity index (χ3n) is 7.12. The predicted octanol–water partition coefficient (Wildman–Crippen LogP) is 4.63. The van der Waals surface area contributed by atoms with Crippen molar-refractivity contribution in [2.45, 2.75) is 19.9 Å². The third-order valence-corrected chi connectivity index (χ3v) is 7.12. The molecule has 0 aromatic heterocycles. The van der Waals surface area contributed by atoms with Crippen LogP contribution in [-0.2, 0) is 9.59 Å². The van der Waals surface area contributed by atoms with E-state index in [2.05, 4.69) is 4.90 Å². The molecular weight excluding hydrogens is 484 g/mol. The SMILES string of the molecule is CCN(CC)CCN1C(=O)C(=O)/C(=C(/O)c2ccc3ccccc3c2)C1c1cc(OC)c(OC)c(OC)c1. The quantitative estimate of drug-likeness (QED) is 0.238. The molecule has 8 nitrogen and oxygen atoms in total. The molecule has 38 heavy (non-hydrogen) atoms. The second-order valence-electron chi connectivity index (χ2n) is 9.04. The minimum absolute atomic E-state index is 0.0269. The van der Waals surface area contributed by atoms with Crippen LogP contribution < -0.4 is 14.2 Å². The number of ether oxygens (including phenoxy) is 3. The zero-order chi connectivity index (χ0) is 27.4. The van der Waals surface area contributed by atoms with Gasteiger partial charge in [-0.2, -0.15) is 0 Å². The first-order valence-corrected chi connectivity index (χ1v) is 12.7. The van der Waals surface area contributed by atoms with Gasteiger partial charge in [-0.3, -0.25) is 9.59 Å². The van der Waals surface area contributed by atoms with Gasteiger partial charge in [0.05, 0.1) is 32.9 Å². The molecule has 1 aliphatic heterocycles. The molecule has 1 atom stereocenters. The number of ketones is 1. The summed E-state index contributed by atoms with van der Waals surface area (Å²) in [5.74, 6) is -0.428. The highest BCUT2D eigenvalue weighted by Gasteiger charge is 2.46. The lowest BCUT2D eigenvalue weighted by molar-refractivity contribution is -0.140. The van der Waals surface area contributed by atoms with E-state index in [0.717, 1.165) is 23.9 Å². The topological polar surface area (TPSA) is 88.5 Å². The number of Topliss-reactive ketones (excluding diaryl/α,β-unsaturated/α-hetero) is 1. The summed E-state index contributed by atoms with van der Waals surface area (Å²) >= 11 is 0. The van der Waals surface area contributed by atoms with E-state index in [-0.39, 0.29) is 11.3 Å². The molecule has 8 heteroatoms. The van der Waals surface area contributed by atoms with E-state index in [1.54, 1.807) is 18.2 Å². The highest BCUT2D eigenvalue weighted by Crippen LogP contribution is 2.45. The number of amides is 1. The molecule has 0 spiro atoms. The first-order valence-electron chi connectivity index (χ1n) is 12.7. The van der Waals surface area contributed by atoms with E-state index in [9.17, 15) is 14.7 Å². The summed E-state index contributed by atoms with van der Waals surface area (Å²) in [7, 11) is 4.52. The summed E-state index contributed by atoms with van der Waals surface area (Å²) in [5, 5.41) is 13.4. The Balaban J connectivity index is 1.91. The second kappa shape index (κ2) is 11.6. The molecule has 0 bridgehead atoms. The van der Waals surface area contributed by atoms with Crippen LogP contribution >= 0.6 is 0 Å². The van der Waals surface area contributed by atoms with Crippen LogP contribution in [0.5, 0.6) is 17.2 Å². The Kier molecular flexibility index (Phi) is 8.22. The van der Waals surface area contributed by atoms with Crippen LogP contribution in [0.3, 0.4) is 0 Å². The van der Waals surface area contributed by atoms with Crippen molar-refractivity contribution in [2.24, 2.45) is 0 Å². The van der Waals surface area contributed by atoms with E-state index < -0.39 is 17.7 Å². The normalized spacial score (nSPS) is 16.9. The van der Waals surface area contributed by atoms with E-state index in [4.69, 9.17) is 14.2 Å². The van der Waals surface area contributed by atoms with Crippen molar-refractivity contribution in [3.8, 4) is 17.2 Å². The molecule has 1 saturated heterocycles. The van der Waals surface area contributed by atoms with Crippen molar-refractivity contribution >= 4 is 28.2 Å². The molecule has 1 fully saturated rings. The van der Waals surface area contributed by atoms with Crippen LogP contribution in [0.25, 0.3) is 16.5 Å². The Bertz CT molecular complexity index is 1350. The summed E-state index contributed by atoms with van der Waals surface area (Å²) in [6.07, 6.45) is 0. The number of carbonyl (C=O) groups excluding carboxylic acids is 2. The van der Waals surface area contributed by atoms with Gasteiger partial charge in [-0.25, -0.2) is 0 Å². The van der Waals surface area contributed by atoms with Gasteiger partial charge in [0, 0.05) is 18.7 Å². The van der Waals surface area contributed by atoms with Crippen molar-refractivity contribution in [2.75, 3.05) is 47.5 Å². The largest absolute Gasteiger partial charge is 0.507 e. The Morgan fingerprint density at radius 1 is 0.895 bits per heavy atom. The van der Waals surface area contributed by atoms with Gasteiger partial charge in [0.15, 0.2) is 11.5 Å². The van der Waals surface area contributed by atoms with E-state index in [0.29, 0.717) is 41.5 Å². The number of fused-ring (bicyclic) bond motifs is 1. The summed E-state index contributed by atoms with van der Waals surface area (Å²) in [6, 6.07) is 15.8.